The second-order valence-corrected chi connectivity index (χ2v) is 11.2. The lowest BCUT2D eigenvalue weighted by molar-refractivity contribution is -0.135. The second-order valence-electron chi connectivity index (χ2n) is 9.19. The first-order valence-corrected chi connectivity index (χ1v) is 13.8. The maximum Gasteiger partial charge on any atom is 0.330 e. The average Bonchev–Trinajstić information content (AvgIpc) is 3.33. The molecule has 2 aliphatic rings. The van der Waals surface area contributed by atoms with E-state index in [9.17, 15) is 22.8 Å². The van der Waals surface area contributed by atoms with Crippen molar-refractivity contribution in [2.24, 2.45) is 5.73 Å². The van der Waals surface area contributed by atoms with Crippen LogP contribution in [0.25, 0.3) is 17.2 Å². The molecule has 198 valence electrons. The summed E-state index contributed by atoms with van der Waals surface area (Å²) in [6.07, 6.45) is 8.42. The third-order valence-electron chi connectivity index (χ3n) is 6.82. The number of nitrogens with zero attached hydrogens (tertiary/aromatic N) is 1. The number of nitrogens with two attached hydrogens (primary N) is 1. The lowest BCUT2D eigenvalue weighted by atomic mass is 9.90. The molecule has 0 saturated carbocycles. The molecule has 10 heteroatoms. The zero-order valence-electron chi connectivity index (χ0n) is 21.4. The number of rotatable bonds is 7. The van der Waals surface area contributed by atoms with Crippen molar-refractivity contribution in [3.63, 3.8) is 0 Å². The van der Waals surface area contributed by atoms with Crippen LogP contribution in [0.4, 0.5) is 5.69 Å². The molecule has 9 nitrogen and oxygen atoms in total. The molecule has 4 rings (SSSR count). The number of esters is 1. The fourth-order valence-electron chi connectivity index (χ4n) is 4.80. The quantitative estimate of drug-likeness (QED) is 0.413. The minimum Gasteiger partial charge on any atom is -0.466 e. The van der Waals surface area contributed by atoms with E-state index in [4.69, 9.17) is 5.73 Å². The number of carbonyl (C=O) groups is 3. The smallest absolute Gasteiger partial charge is 0.330 e. The van der Waals surface area contributed by atoms with Gasteiger partial charge in [0.1, 0.15) is 0 Å². The average molecular weight is 536 g/mol. The van der Waals surface area contributed by atoms with Gasteiger partial charge in [0.25, 0.3) is 0 Å². The summed E-state index contributed by atoms with van der Waals surface area (Å²) < 4.78 is 29.8. The number of sulfonamides is 1. The summed E-state index contributed by atoms with van der Waals surface area (Å²) in [5.41, 5.74) is 13.1. The van der Waals surface area contributed by atoms with E-state index >= 15 is 0 Å². The minimum absolute atomic E-state index is 0.308. The SMILES string of the molecule is COC(=O)/C=C/C(=O)Nc1cccc(-c2ccc(C(N)=O)c3c2C=C(C2=CCN(S(C)(=O)=O)CC2)C3)c1C. The molecule has 3 N–H and O–H groups in total. The fourth-order valence-corrected chi connectivity index (χ4v) is 5.57. The Hall–Kier alpha value is -4.02. The number of ether oxygens (including phenoxy) is 1. The van der Waals surface area contributed by atoms with E-state index in [1.807, 2.05) is 37.3 Å². The van der Waals surface area contributed by atoms with E-state index in [1.165, 1.54) is 17.7 Å². The van der Waals surface area contributed by atoms with Crippen molar-refractivity contribution in [3.8, 4) is 11.1 Å². The summed E-state index contributed by atoms with van der Waals surface area (Å²) >= 11 is 0. The van der Waals surface area contributed by atoms with Crippen molar-refractivity contribution < 1.29 is 27.5 Å². The number of carbonyl (C=O) groups excluding carboxylic acids is 3. The van der Waals surface area contributed by atoms with Gasteiger partial charge in [-0.1, -0.05) is 30.4 Å². The van der Waals surface area contributed by atoms with E-state index in [0.717, 1.165) is 51.1 Å². The summed E-state index contributed by atoms with van der Waals surface area (Å²) in [6.45, 7) is 2.59. The third kappa shape index (κ3) is 5.61. The van der Waals surface area contributed by atoms with Crippen LogP contribution in [0.1, 0.15) is 33.5 Å². The molecule has 38 heavy (non-hydrogen) atoms. The van der Waals surface area contributed by atoms with Crippen molar-refractivity contribution in [1.82, 2.24) is 4.31 Å². The van der Waals surface area contributed by atoms with Crippen LogP contribution in [0.2, 0.25) is 0 Å². The molecule has 1 aliphatic heterocycles. The molecule has 0 atom stereocenters. The van der Waals surface area contributed by atoms with Crippen molar-refractivity contribution in [2.75, 3.05) is 31.8 Å². The van der Waals surface area contributed by atoms with Gasteiger partial charge in [0.2, 0.25) is 21.8 Å². The highest BCUT2D eigenvalue weighted by atomic mass is 32.2. The Labute approximate surface area is 221 Å². The Bertz CT molecular complexity index is 1540. The Morgan fingerprint density at radius 2 is 1.84 bits per heavy atom. The lowest BCUT2D eigenvalue weighted by Crippen LogP contribution is -2.34. The molecular formula is C28H29N3O6S. The first kappa shape index (κ1) is 27.0. The first-order chi connectivity index (χ1) is 18.0. The summed E-state index contributed by atoms with van der Waals surface area (Å²) in [5.74, 6) is -1.62. The van der Waals surface area contributed by atoms with Gasteiger partial charge in [-0.15, -0.1) is 0 Å². The maximum absolute atomic E-state index is 12.3. The molecule has 1 heterocycles. The Morgan fingerprint density at radius 3 is 2.47 bits per heavy atom. The number of hydrogen-bond donors (Lipinski definition) is 2. The molecule has 1 aliphatic carbocycles. The molecule has 0 spiro atoms. The molecule has 0 aromatic heterocycles. The van der Waals surface area contributed by atoms with Gasteiger partial charge in [-0.2, -0.15) is 4.31 Å². The van der Waals surface area contributed by atoms with E-state index in [-0.39, 0.29) is 0 Å². The van der Waals surface area contributed by atoms with Crippen LogP contribution in [0.5, 0.6) is 0 Å². The standard InChI is InChI=1S/C28H29N3O6S/c1-17-20(5-4-6-25(17)30-26(32)9-10-27(33)37-2)21-7-8-22(28(29)34)24-16-19(15-23(21)24)18-11-13-31(14-12-18)38(3,35)36/h4-11,15H,12-14,16H2,1-3H3,(H2,29,34)(H,30,32)/b10-9+. The number of primary amides is 1. The molecule has 0 radical (unpaired) electrons. The monoisotopic (exact) mass is 535 g/mol. The molecule has 0 bridgehead atoms. The van der Waals surface area contributed by atoms with E-state index in [2.05, 4.69) is 10.1 Å². The van der Waals surface area contributed by atoms with Crippen LogP contribution in [0, 0.1) is 6.92 Å². The highest BCUT2D eigenvalue weighted by Crippen LogP contribution is 2.41. The second kappa shape index (κ2) is 10.8. The molecule has 2 amide bonds. The van der Waals surface area contributed by atoms with Crippen LogP contribution in [0.15, 0.2) is 59.7 Å². The van der Waals surface area contributed by atoms with Gasteiger partial charge in [0.05, 0.1) is 13.4 Å². The summed E-state index contributed by atoms with van der Waals surface area (Å²) in [7, 11) is -2.03. The summed E-state index contributed by atoms with van der Waals surface area (Å²) in [5, 5.41) is 2.79. The Balaban J connectivity index is 1.71. The number of anilines is 1. The fraction of sp³-hybridized carbons (Fsp3) is 0.250. The molecule has 0 saturated heterocycles. The first-order valence-electron chi connectivity index (χ1n) is 12.0. The highest BCUT2D eigenvalue weighted by molar-refractivity contribution is 7.88. The largest absolute Gasteiger partial charge is 0.466 e. The normalized spacial score (nSPS) is 15.6. The molecule has 2 aromatic rings. The van der Waals surface area contributed by atoms with Crippen molar-refractivity contribution in [3.05, 3.63) is 82.0 Å². The van der Waals surface area contributed by atoms with Gasteiger partial charge >= 0.3 is 5.97 Å². The predicted octanol–water partition coefficient (Wildman–Crippen LogP) is 2.96. The number of methoxy groups -OCH3 is 1. The number of fused-ring (bicyclic) bond motifs is 1. The lowest BCUT2D eigenvalue weighted by Gasteiger charge is -2.24. The minimum atomic E-state index is -3.26. The van der Waals surface area contributed by atoms with Crippen molar-refractivity contribution in [2.45, 2.75) is 19.8 Å². The zero-order valence-corrected chi connectivity index (χ0v) is 22.2. The zero-order chi connectivity index (χ0) is 27.6. The van der Waals surface area contributed by atoms with Crippen LogP contribution >= 0.6 is 0 Å². The molecule has 2 aromatic carbocycles. The number of allylic oxidation sites excluding steroid dienone is 1. The van der Waals surface area contributed by atoms with Crippen LogP contribution in [0.3, 0.4) is 0 Å². The maximum atomic E-state index is 12.3. The van der Waals surface area contributed by atoms with Crippen molar-refractivity contribution >= 4 is 39.6 Å². The Kier molecular flexibility index (Phi) is 7.66. The van der Waals surface area contributed by atoms with E-state index in [1.54, 1.807) is 12.1 Å². The number of benzene rings is 2. The topological polar surface area (TPSA) is 136 Å². The summed E-state index contributed by atoms with van der Waals surface area (Å²) in [4.78, 5) is 35.9. The van der Waals surface area contributed by atoms with Gasteiger partial charge in [0, 0.05) is 36.5 Å². The van der Waals surface area contributed by atoms with Crippen LogP contribution in [-0.2, 0) is 30.8 Å². The number of amides is 2. The third-order valence-corrected chi connectivity index (χ3v) is 8.09. The van der Waals surface area contributed by atoms with Gasteiger partial charge in [-0.3, -0.25) is 9.59 Å². The Morgan fingerprint density at radius 1 is 1.08 bits per heavy atom. The van der Waals surface area contributed by atoms with Gasteiger partial charge in [-0.25, -0.2) is 13.2 Å². The van der Waals surface area contributed by atoms with E-state index < -0.39 is 27.8 Å². The number of nitrogens with one attached hydrogen (secondary N) is 1. The van der Waals surface area contributed by atoms with Gasteiger partial charge in [0.15, 0.2) is 0 Å². The summed E-state index contributed by atoms with van der Waals surface area (Å²) in [6, 6.07) is 9.09. The predicted molar refractivity (Wildman–Crippen MR) is 146 cm³/mol. The molecule has 0 fully saturated rings. The van der Waals surface area contributed by atoms with E-state index in [0.29, 0.717) is 37.2 Å². The molecular weight excluding hydrogens is 506 g/mol. The van der Waals surface area contributed by atoms with Gasteiger partial charge < -0.3 is 15.8 Å². The van der Waals surface area contributed by atoms with Crippen LogP contribution < -0.4 is 11.1 Å². The van der Waals surface area contributed by atoms with Gasteiger partial charge in [-0.05, 0) is 70.9 Å². The highest BCUT2D eigenvalue weighted by Gasteiger charge is 2.27. The van der Waals surface area contributed by atoms with Crippen LogP contribution in [-0.4, -0.2) is 57.0 Å². The number of hydrogen-bond acceptors (Lipinski definition) is 6. The molecule has 0 unspecified atom stereocenters. The van der Waals surface area contributed by atoms with Crippen molar-refractivity contribution in [1.29, 1.82) is 0 Å².